The van der Waals surface area contributed by atoms with Gasteiger partial charge in [-0.15, -0.1) is 11.3 Å². The molecule has 0 bridgehead atoms. The Morgan fingerprint density at radius 1 is 1.17 bits per heavy atom. The van der Waals surface area contributed by atoms with E-state index < -0.39 is 36.2 Å². The molecule has 0 aliphatic rings. The van der Waals surface area contributed by atoms with Gasteiger partial charge in [-0.25, -0.2) is 4.79 Å². The molecule has 0 saturated carbocycles. The van der Waals surface area contributed by atoms with E-state index in [1.54, 1.807) is 45.0 Å². The number of aliphatic carboxylic acids is 1. The van der Waals surface area contributed by atoms with Gasteiger partial charge >= 0.3 is 12.1 Å². The highest BCUT2D eigenvalue weighted by molar-refractivity contribution is 7.09. The van der Waals surface area contributed by atoms with Crippen molar-refractivity contribution in [2.75, 3.05) is 13.7 Å². The molecule has 8 nitrogen and oxygen atoms in total. The number of nitrogens with one attached hydrogen (secondary N) is 1. The van der Waals surface area contributed by atoms with Crippen molar-refractivity contribution in [3.8, 4) is 5.75 Å². The quantitative estimate of drug-likeness (QED) is 0.659. The maximum absolute atomic E-state index is 13.4. The van der Waals surface area contributed by atoms with Crippen molar-refractivity contribution in [2.24, 2.45) is 0 Å². The van der Waals surface area contributed by atoms with Gasteiger partial charge in [0.15, 0.2) is 0 Å². The standard InChI is InChI=1S/C21H26N2O6S/c1-21(2,3)29-20(27)22-18(15-9-5-6-10-16(15)28-4)19(26)23(13-17(24)25)12-14-8-7-11-30-14/h5-11,18H,12-13H2,1-4H3,(H,22,27)(H,24,25)/t18-/m1/s1. The number of nitrogens with zero attached hydrogens (tertiary/aromatic N) is 1. The van der Waals surface area contributed by atoms with Gasteiger partial charge < -0.3 is 24.8 Å². The molecule has 0 radical (unpaired) electrons. The molecule has 2 rings (SSSR count). The number of hydrogen-bond donors (Lipinski definition) is 2. The second kappa shape index (κ2) is 10.1. The summed E-state index contributed by atoms with van der Waals surface area (Å²) in [7, 11) is 1.45. The molecule has 9 heteroatoms. The fraction of sp³-hybridized carbons (Fsp3) is 0.381. The number of carbonyl (C=O) groups excluding carboxylic acids is 2. The van der Waals surface area contributed by atoms with Crippen LogP contribution < -0.4 is 10.1 Å². The van der Waals surface area contributed by atoms with Crippen LogP contribution in [0.25, 0.3) is 0 Å². The third kappa shape index (κ3) is 6.77. The Morgan fingerprint density at radius 2 is 1.87 bits per heavy atom. The minimum absolute atomic E-state index is 0.102. The van der Waals surface area contributed by atoms with Gasteiger partial charge in [0.05, 0.1) is 13.7 Å². The number of ether oxygens (including phenoxy) is 2. The first-order valence-corrected chi connectivity index (χ1v) is 10.1. The molecule has 0 unspecified atom stereocenters. The van der Waals surface area contributed by atoms with Gasteiger partial charge in [-0.3, -0.25) is 9.59 Å². The zero-order valence-electron chi connectivity index (χ0n) is 17.4. The number of carboxylic acids is 1. The lowest BCUT2D eigenvalue weighted by atomic mass is 10.0. The molecule has 2 N–H and O–H groups in total. The van der Waals surface area contributed by atoms with Gasteiger partial charge in [-0.1, -0.05) is 24.3 Å². The van der Waals surface area contributed by atoms with E-state index in [0.717, 1.165) is 4.88 Å². The topological polar surface area (TPSA) is 105 Å². The molecule has 1 heterocycles. The predicted molar refractivity (Wildman–Crippen MR) is 112 cm³/mol. The number of methoxy groups -OCH3 is 1. The first kappa shape index (κ1) is 23.2. The van der Waals surface area contributed by atoms with Crippen molar-refractivity contribution in [3.63, 3.8) is 0 Å². The van der Waals surface area contributed by atoms with Gasteiger partial charge in [0.2, 0.25) is 0 Å². The van der Waals surface area contributed by atoms with Crippen LogP contribution in [-0.4, -0.2) is 47.2 Å². The maximum atomic E-state index is 13.4. The van der Waals surface area contributed by atoms with E-state index in [9.17, 15) is 19.5 Å². The summed E-state index contributed by atoms with van der Waals surface area (Å²) in [4.78, 5) is 39.3. The van der Waals surface area contributed by atoms with Crippen molar-refractivity contribution in [3.05, 3.63) is 52.2 Å². The van der Waals surface area contributed by atoms with Crippen LogP contribution in [0.15, 0.2) is 41.8 Å². The van der Waals surface area contributed by atoms with E-state index in [1.807, 2.05) is 17.5 Å². The average Bonchev–Trinajstić information content (AvgIpc) is 3.16. The minimum atomic E-state index is -1.18. The SMILES string of the molecule is COc1ccccc1[C@@H](NC(=O)OC(C)(C)C)C(=O)N(CC(=O)O)Cc1cccs1. The Balaban J connectivity index is 2.40. The third-order valence-electron chi connectivity index (χ3n) is 3.92. The Bertz CT molecular complexity index is 876. The number of para-hydroxylation sites is 1. The van der Waals surface area contributed by atoms with Gasteiger partial charge in [-0.2, -0.15) is 0 Å². The Morgan fingerprint density at radius 3 is 2.43 bits per heavy atom. The molecule has 30 heavy (non-hydrogen) atoms. The summed E-state index contributed by atoms with van der Waals surface area (Å²) >= 11 is 1.41. The summed E-state index contributed by atoms with van der Waals surface area (Å²) < 4.78 is 10.7. The lowest BCUT2D eigenvalue weighted by Gasteiger charge is -2.28. The summed E-state index contributed by atoms with van der Waals surface area (Å²) in [6, 6.07) is 9.19. The molecular formula is C21H26N2O6S. The van der Waals surface area contributed by atoms with Gasteiger partial charge in [0.25, 0.3) is 5.91 Å². The molecule has 162 valence electrons. The highest BCUT2D eigenvalue weighted by Crippen LogP contribution is 2.27. The number of benzene rings is 1. The first-order chi connectivity index (χ1) is 14.1. The van der Waals surface area contributed by atoms with Crippen LogP contribution in [0, 0.1) is 0 Å². The van der Waals surface area contributed by atoms with Crippen LogP contribution in [0.2, 0.25) is 0 Å². The third-order valence-corrected chi connectivity index (χ3v) is 4.78. The summed E-state index contributed by atoms with van der Waals surface area (Å²) in [5.74, 6) is -1.35. The van der Waals surface area contributed by atoms with Gasteiger partial charge in [0.1, 0.15) is 23.9 Å². The molecule has 0 aliphatic carbocycles. The molecule has 0 fully saturated rings. The van der Waals surface area contributed by atoms with Crippen LogP contribution in [0.3, 0.4) is 0 Å². The number of alkyl carbamates (subject to hydrolysis) is 1. The summed E-state index contributed by atoms with van der Waals surface area (Å²) in [5.41, 5.74) is -0.367. The van der Waals surface area contributed by atoms with E-state index in [-0.39, 0.29) is 6.54 Å². The van der Waals surface area contributed by atoms with Crippen molar-refractivity contribution >= 4 is 29.3 Å². The predicted octanol–water partition coefficient (Wildman–Crippen LogP) is 3.44. The van der Waals surface area contributed by atoms with Crippen LogP contribution in [0.1, 0.15) is 37.3 Å². The molecule has 0 spiro atoms. The summed E-state index contributed by atoms with van der Waals surface area (Å²) in [5, 5.41) is 13.7. The van der Waals surface area contributed by atoms with Crippen molar-refractivity contribution < 1.29 is 29.0 Å². The number of carbonyl (C=O) groups is 3. The summed E-state index contributed by atoms with van der Waals surface area (Å²) in [6.45, 7) is 4.71. The fourth-order valence-electron chi connectivity index (χ4n) is 2.75. The lowest BCUT2D eigenvalue weighted by Crippen LogP contribution is -2.45. The van der Waals surface area contributed by atoms with E-state index in [4.69, 9.17) is 9.47 Å². The zero-order valence-corrected chi connectivity index (χ0v) is 18.2. The second-order valence-corrected chi connectivity index (χ2v) is 8.52. The highest BCUT2D eigenvalue weighted by Gasteiger charge is 2.32. The number of amides is 2. The molecule has 2 amide bonds. The first-order valence-electron chi connectivity index (χ1n) is 9.26. The van der Waals surface area contributed by atoms with Crippen LogP contribution in [0.4, 0.5) is 4.79 Å². The number of carboxylic acid groups (broad SMARTS) is 1. The number of rotatable bonds is 8. The van der Waals surface area contributed by atoms with Crippen molar-refractivity contribution in [1.29, 1.82) is 0 Å². The molecule has 0 saturated heterocycles. The molecule has 1 aromatic carbocycles. The average molecular weight is 435 g/mol. The van der Waals surface area contributed by atoms with Crippen molar-refractivity contribution in [1.82, 2.24) is 10.2 Å². The Kier molecular flexibility index (Phi) is 7.82. The smallest absolute Gasteiger partial charge is 0.408 e. The molecule has 1 aromatic heterocycles. The van der Waals surface area contributed by atoms with Crippen LogP contribution in [0.5, 0.6) is 5.75 Å². The maximum Gasteiger partial charge on any atom is 0.408 e. The van der Waals surface area contributed by atoms with E-state index in [2.05, 4.69) is 5.32 Å². The second-order valence-electron chi connectivity index (χ2n) is 7.49. The number of hydrogen-bond acceptors (Lipinski definition) is 6. The highest BCUT2D eigenvalue weighted by atomic mass is 32.1. The van der Waals surface area contributed by atoms with Crippen LogP contribution in [-0.2, 0) is 20.9 Å². The monoisotopic (exact) mass is 434 g/mol. The Hall–Kier alpha value is -3.07. The van der Waals surface area contributed by atoms with Gasteiger partial charge in [0, 0.05) is 10.4 Å². The summed E-state index contributed by atoms with van der Waals surface area (Å²) in [6.07, 6.45) is -0.793. The van der Waals surface area contributed by atoms with Gasteiger partial charge in [-0.05, 0) is 38.3 Å². The van der Waals surface area contributed by atoms with E-state index in [1.165, 1.54) is 23.3 Å². The Labute approximate surface area is 179 Å². The molecule has 2 aromatic rings. The molecular weight excluding hydrogens is 408 g/mol. The normalized spacial score (nSPS) is 12.0. The fourth-order valence-corrected chi connectivity index (χ4v) is 3.47. The largest absolute Gasteiger partial charge is 0.496 e. The van der Waals surface area contributed by atoms with Crippen LogP contribution >= 0.6 is 11.3 Å². The van der Waals surface area contributed by atoms with E-state index in [0.29, 0.717) is 11.3 Å². The number of thiophene rings is 1. The van der Waals surface area contributed by atoms with Crippen molar-refractivity contribution in [2.45, 2.75) is 39.0 Å². The van der Waals surface area contributed by atoms with E-state index >= 15 is 0 Å². The molecule has 1 atom stereocenters. The minimum Gasteiger partial charge on any atom is -0.496 e. The zero-order chi connectivity index (χ0) is 22.3. The lowest BCUT2D eigenvalue weighted by molar-refractivity contribution is -0.145. The molecule has 0 aliphatic heterocycles.